The summed E-state index contributed by atoms with van der Waals surface area (Å²) in [4.78, 5) is 4.17. The van der Waals surface area contributed by atoms with Gasteiger partial charge in [0.15, 0.2) is 22.3 Å². The van der Waals surface area contributed by atoms with Crippen LogP contribution in [-0.4, -0.2) is 19.6 Å². The molecule has 4 rings (SSSR count). The van der Waals surface area contributed by atoms with E-state index >= 15 is 0 Å². The Morgan fingerprint density at radius 1 is 0.893 bits per heavy atom. The first-order chi connectivity index (χ1) is 13.1. The van der Waals surface area contributed by atoms with Crippen molar-refractivity contribution in [2.75, 3.05) is 0 Å². The molecule has 4 nitrogen and oxygen atoms in total. The molecule has 0 aliphatic heterocycles. The number of nitrogens with zero attached hydrogens (tertiary/aromatic N) is 4. The van der Waals surface area contributed by atoms with Crippen LogP contribution in [0.4, 0.5) is 22.0 Å². The van der Waals surface area contributed by atoms with Gasteiger partial charge in [0, 0.05) is 18.0 Å². The minimum atomic E-state index is -4.57. The molecule has 28 heavy (non-hydrogen) atoms. The smallest absolute Gasteiger partial charge is 0.305 e. The minimum absolute atomic E-state index is 0.0607. The summed E-state index contributed by atoms with van der Waals surface area (Å²) in [6.45, 7) is 0. The van der Waals surface area contributed by atoms with Crippen LogP contribution < -0.4 is 0 Å². The van der Waals surface area contributed by atoms with Gasteiger partial charge >= 0.3 is 6.18 Å². The predicted molar refractivity (Wildman–Crippen MR) is 94.5 cm³/mol. The zero-order valence-corrected chi connectivity index (χ0v) is 15.6. The van der Waals surface area contributed by atoms with Crippen molar-refractivity contribution in [1.29, 1.82) is 0 Å². The van der Waals surface area contributed by atoms with Crippen molar-refractivity contribution in [2.24, 2.45) is 0 Å². The number of hydrogen-bond donors (Lipinski definition) is 0. The Bertz CT molecular complexity index is 1220. The fourth-order valence-corrected chi connectivity index (χ4v) is 3.82. The molecule has 4 aromatic rings. The largest absolute Gasteiger partial charge is 0.417 e. The third kappa shape index (κ3) is 3.31. The van der Waals surface area contributed by atoms with Gasteiger partial charge in [-0.3, -0.25) is 0 Å². The summed E-state index contributed by atoms with van der Waals surface area (Å²) >= 11 is 12.8. The summed E-state index contributed by atoms with van der Waals surface area (Å²) in [6.07, 6.45) is -2.40. The van der Waals surface area contributed by atoms with Crippen LogP contribution in [0, 0.1) is 11.6 Å². The summed E-state index contributed by atoms with van der Waals surface area (Å²) in [6, 6.07) is 2.48. The Morgan fingerprint density at radius 2 is 1.57 bits per heavy atom. The molecule has 12 heteroatoms. The topological polar surface area (TPSA) is 43.1 Å². The number of imidazole rings is 1. The van der Waals surface area contributed by atoms with Gasteiger partial charge in [-0.2, -0.15) is 13.2 Å². The van der Waals surface area contributed by atoms with Crippen molar-refractivity contribution in [3.05, 3.63) is 57.8 Å². The van der Waals surface area contributed by atoms with Crippen molar-refractivity contribution in [3.63, 3.8) is 0 Å². The lowest BCUT2D eigenvalue weighted by molar-refractivity contribution is -0.137. The van der Waals surface area contributed by atoms with Crippen LogP contribution >= 0.6 is 34.5 Å². The number of aromatic nitrogens is 4. The van der Waals surface area contributed by atoms with E-state index in [1.54, 1.807) is 0 Å². The number of benzene rings is 1. The van der Waals surface area contributed by atoms with Crippen molar-refractivity contribution < 1.29 is 22.0 Å². The molecule has 0 saturated carbocycles. The fourth-order valence-electron chi connectivity index (χ4n) is 2.44. The van der Waals surface area contributed by atoms with Crippen LogP contribution in [0.25, 0.3) is 26.9 Å². The summed E-state index contributed by atoms with van der Waals surface area (Å²) in [5.74, 6) is -2.20. The van der Waals surface area contributed by atoms with E-state index in [2.05, 4.69) is 15.2 Å². The van der Waals surface area contributed by atoms with Gasteiger partial charge in [0.2, 0.25) is 0 Å². The normalized spacial score (nSPS) is 12.1. The molecule has 0 bridgehead atoms. The summed E-state index contributed by atoms with van der Waals surface area (Å²) in [7, 11) is 0. The maximum absolute atomic E-state index is 13.5. The summed E-state index contributed by atoms with van der Waals surface area (Å²) in [5.41, 5.74) is -0.484. The van der Waals surface area contributed by atoms with Crippen molar-refractivity contribution in [3.8, 4) is 21.3 Å². The minimum Gasteiger partial charge on any atom is -0.305 e. The number of rotatable bonds is 2. The highest BCUT2D eigenvalue weighted by Crippen LogP contribution is 2.36. The van der Waals surface area contributed by atoms with E-state index in [-0.39, 0.29) is 37.0 Å². The highest BCUT2D eigenvalue weighted by Gasteiger charge is 2.32. The standard InChI is InChI=1S/C16H5Cl2F5N4S/c17-8-3-11(20)10(19)2-7(8)14-25-26-15(28-14)12-5-27-4-6(16(21,22)23)1-9(18)13(27)24-12/h1-5H. The molecule has 1 aromatic carbocycles. The molecule has 0 saturated heterocycles. The van der Waals surface area contributed by atoms with E-state index < -0.39 is 23.4 Å². The van der Waals surface area contributed by atoms with E-state index in [4.69, 9.17) is 23.2 Å². The molecule has 0 fully saturated rings. The Morgan fingerprint density at radius 3 is 2.29 bits per heavy atom. The number of hydrogen-bond acceptors (Lipinski definition) is 4. The second-order valence-corrected chi connectivity index (χ2v) is 7.38. The molecule has 0 radical (unpaired) electrons. The molecular formula is C16H5Cl2F5N4S. The second kappa shape index (κ2) is 6.64. The first kappa shape index (κ1) is 19.0. The average molecular weight is 451 g/mol. The molecule has 0 atom stereocenters. The molecule has 0 amide bonds. The van der Waals surface area contributed by atoms with Crippen LogP contribution in [0.5, 0.6) is 0 Å². The van der Waals surface area contributed by atoms with Gasteiger partial charge in [0.25, 0.3) is 0 Å². The number of alkyl halides is 3. The molecular weight excluding hydrogens is 446 g/mol. The second-order valence-electron chi connectivity index (χ2n) is 5.59. The van der Waals surface area contributed by atoms with E-state index in [1.165, 1.54) is 6.20 Å². The predicted octanol–water partition coefficient (Wildman–Crippen LogP) is 6.12. The molecule has 0 aliphatic rings. The van der Waals surface area contributed by atoms with Crippen molar-refractivity contribution >= 4 is 40.2 Å². The van der Waals surface area contributed by atoms with E-state index in [0.29, 0.717) is 0 Å². The molecule has 0 spiro atoms. The van der Waals surface area contributed by atoms with Crippen LogP contribution in [0.3, 0.4) is 0 Å². The van der Waals surface area contributed by atoms with Gasteiger partial charge < -0.3 is 4.40 Å². The molecule has 3 heterocycles. The lowest BCUT2D eigenvalue weighted by atomic mass is 10.2. The lowest BCUT2D eigenvalue weighted by Gasteiger charge is -2.07. The molecule has 0 aliphatic carbocycles. The molecule has 0 N–H and O–H groups in total. The molecule has 144 valence electrons. The molecule has 3 aromatic heterocycles. The number of halogens is 7. The SMILES string of the molecule is Fc1cc(Cl)c(-c2nnc(-c3cn4cc(C(F)(F)F)cc(Cl)c4n3)s2)cc1F. The first-order valence-electron chi connectivity index (χ1n) is 7.37. The van der Waals surface area contributed by atoms with Crippen LogP contribution in [-0.2, 0) is 6.18 Å². The Hall–Kier alpha value is -2.30. The fraction of sp³-hybridized carbons (Fsp3) is 0.0625. The monoisotopic (exact) mass is 450 g/mol. The van der Waals surface area contributed by atoms with E-state index in [0.717, 1.165) is 40.1 Å². The average Bonchev–Trinajstić information content (AvgIpc) is 3.24. The Balaban J connectivity index is 1.78. The Kier molecular flexibility index (Phi) is 4.52. The molecule has 0 unspecified atom stereocenters. The quantitative estimate of drug-likeness (QED) is 0.272. The lowest BCUT2D eigenvalue weighted by Crippen LogP contribution is -2.06. The zero-order valence-electron chi connectivity index (χ0n) is 13.2. The van der Waals surface area contributed by atoms with E-state index in [9.17, 15) is 22.0 Å². The third-order valence-electron chi connectivity index (χ3n) is 3.72. The number of fused-ring (bicyclic) bond motifs is 1. The zero-order chi connectivity index (χ0) is 20.2. The van der Waals surface area contributed by atoms with Gasteiger partial charge in [-0.25, -0.2) is 13.8 Å². The third-order valence-corrected chi connectivity index (χ3v) is 5.29. The summed E-state index contributed by atoms with van der Waals surface area (Å²) < 4.78 is 66.6. The maximum atomic E-state index is 13.5. The van der Waals surface area contributed by atoms with Crippen LogP contribution in [0.1, 0.15) is 5.56 Å². The highest BCUT2D eigenvalue weighted by molar-refractivity contribution is 7.18. The van der Waals surface area contributed by atoms with Crippen molar-refractivity contribution in [1.82, 2.24) is 19.6 Å². The summed E-state index contributed by atoms with van der Waals surface area (Å²) in [5, 5.41) is 7.97. The first-order valence-corrected chi connectivity index (χ1v) is 8.95. The van der Waals surface area contributed by atoms with Crippen LogP contribution in [0.2, 0.25) is 10.0 Å². The maximum Gasteiger partial charge on any atom is 0.417 e. The number of pyridine rings is 1. The van der Waals surface area contributed by atoms with Crippen molar-refractivity contribution in [2.45, 2.75) is 6.18 Å². The van der Waals surface area contributed by atoms with E-state index in [1.807, 2.05) is 0 Å². The van der Waals surface area contributed by atoms with Gasteiger partial charge in [-0.1, -0.05) is 34.5 Å². The van der Waals surface area contributed by atoms with Gasteiger partial charge in [0.1, 0.15) is 10.7 Å². The highest BCUT2D eigenvalue weighted by atomic mass is 35.5. The Labute approximate surface area is 167 Å². The van der Waals surface area contributed by atoms with Gasteiger partial charge in [-0.15, -0.1) is 10.2 Å². The van der Waals surface area contributed by atoms with Gasteiger partial charge in [-0.05, 0) is 18.2 Å². The van der Waals surface area contributed by atoms with Crippen LogP contribution in [0.15, 0.2) is 30.6 Å². The van der Waals surface area contributed by atoms with Gasteiger partial charge in [0.05, 0.1) is 15.6 Å².